The lowest BCUT2D eigenvalue weighted by atomic mass is 10.1. The quantitative estimate of drug-likeness (QED) is 0.218. The van der Waals surface area contributed by atoms with Gasteiger partial charge in [0.15, 0.2) is 17.5 Å². The highest BCUT2D eigenvalue weighted by Crippen LogP contribution is 2.39. The summed E-state index contributed by atoms with van der Waals surface area (Å²) in [6.07, 6.45) is 2.29. The second kappa shape index (κ2) is 11.6. The van der Waals surface area contributed by atoms with Gasteiger partial charge in [-0.3, -0.25) is 0 Å². The Labute approximate surface area is 190 Å². The van der Waals surface area contributed by atoms with E-state index in [4.69, 9.17) is 13.9 Å². The zero-order valence-corrected chi connectivity index (χ0v) is 18.8. The van der Waals surface area contributed by atoms with Gasteiger partial charge >= 0.3 is 6.61 Å². The summed E-state index contributed by atoms with van der Waals surface area (Å²) >= 11 is 0. The summed E-state index contributed by atoms with van der Waals surface area (Å²) in [5.41, 5.74) is 1.38. The lowest BCUT2D eigenvalue weighted by Gasteiger charge is -2.14. The first-order valence-electron chi connectivity index (χ1n) is 9.07. The average Bonchev–Trinajstić information content (AvgIpc) is 3.34. The van der Waals surface area contributed by atoms with Gasteiger partial charge in [-0.1, -0.05) is 12.2 Å². The number of aliphatic imine (C=N–C) groups is 1. The third kappa shape index (κ3) is 7.08. The molecule has 0 unspecified atom stereocenters. The van der Waals surface area contributed by atoms with Crippen LogP contribution in [-0.4, -0.2) is 32.5 Å². The van der Waals surface area contributed by atoms with E-state index in [0.29, 0.717) is 42.5 Å². The Morgan fingerprint density at radius 3 is 2.70 bits per heavy atom. The van der Waals surface area contributed by atoms with Gasteiger partial charge in [-0.25, -0.2) is 4.99 Å². The standard InChI is InChI=1S/C20H23F2N3O4.HI/c1-13(2)10-24-20(23-6-5-15-4-3-7-26-15)25-11-14-8-17-18(28-12-27-17)9-16(14)29-19(21)22;/h3-4,7-9,19H,1,5-6,10-12H2,2H3,(H2,23,24,25);1H. The molecule has 1 aromatic carbocycles. The van der Waals surface area contributed by atoms with Crippen LogP contribution in [0.2, 0.25) is 0 Å². The van der Waals surface area contributed by atoms with Crippen molar-refractivity contribution in [1.29, 1.82) is 0 Å². The van der Waals surface area contributed by atoms with Crippen LogP contribution in [0.25, 0.3) is 0 Å². The van der Waals surface area contributed by atoms with E-state index < -0.39 is 6.61 Å². The molecule has 2 aromatic rings. The highest BCUT2D eigenvalue weighted by Gasteiger charge is 2.20. The third-order valence-corrected chi connectivity index (χ3v) is 3.98. The van der Waals surface area contributed by atoms with E-state index in [1.54, 1.807) is 12.3 Å². The fourth-order valence-electron chi connectivity index (χ4n) is 2.63. The molecule has 0 atom stereocenters. The van der Waals surface area contributed by atoms with Gasteiger partial charge in [0.1, 0.15) is 11.5 Å². The van der Waals surface area contributed by atoms with Gasteiger partial charge in [0.25, 0.3) is 0 Å². The molecule has 0 saturated carbocycles. The molecular weight excluding hydrogens is 511 g/mol. The molecule has 2 heterocycles. The average molecular weight is 535 g/mol. The lowest BCUT2D eigenvalue weighted by molar-refractivity contribution is -0.0505. The minimum absolute atomic E-state index is 0. The summed E-state index contributed by atoms with van der Waals surface area (Å²) in [6, 6.07) is 6.71. The number of ether oxygens (including phenoxy) is 3. The Morgan fingerprint density at radius 1 is 1.27 bits per heavy atom. The number of rotatable bonds is 9. The zero-order chi connectivity index (χ0) is 20.6. The maximum Gasteiger partial charge on any atom is 0.387 e. The Morgan fingerprint density at radius 2 is 2.03 bits per heavy atom. The number of hydrogen-bond acceptors (Lipinski definition) is 5. The highest BCUT2D eigenvalue weighted by atomic mass is 127. The molecule has 7 nitrogen and oxygen atoms in total. The summed E-state index contributed by atoms with van der Waals surface area (Å²) in [5.74, 6) is 2.20. The minimum atomic E-state index is -2.95. The smallest absolute Gasteiger partial charge is 0.387 e. The van der Waals surface area contributed by atoms with Crippen molar-refractivity contribution in [3.05, 3.63) is 54.0 Å². The molecule has 3 rings (SSSR count). The molecule has 0 aliphatic carbocycles. The molecule has 1 aliphatic rings. The number of furan rings is 1. The number of fused-ring (bicyclic) bond motifs is 1. The van der Waals surface area contributed by atoms with Crippen molar-refractivity contribution in [2.45, 2.75) is 26.5 Å². The van der Waals surface area contributed by atoms with Crippen molar-refractivity contribution < 1.29 is 27.4 Å². The molecule has 10 heteroatoms. The van der Waals surface area contributed by atoms with E-state index in [0.717, 1.165) is 11.3 Å². The molecule has 0 amide bonds. The molecule has 0 saturated heterocycles. The fourth-order valence-corrected chi connectivity index (χ4v) is 2.63. The second-order valence-electron chi connectivity index (χ2n) is 6.42. The van der Waals surface area contributed by atoms with Crippen LogP contribution in [0.5, 0.6) is 17.2 Å². The Bertz CT molecular complexity index is 860. The second-order valence-corrected chi connectivity index (χ2v) is 6.42. The highest BCUT2D eigenvalue weighted by molar-refractivity contribution is 14.0. The predicted octanol–water partition coefficient (Wildman–Crippen LogP) is 4.08. The summed E-state index contributed by atoms with van der Waals surface area (Å²) in [6.45, 7) is 4.04. The van der Waals surface area contributed by atoms with Gasteiger partial charge in [0, 0.05) is 31.1 Å². The summed E-state index contributed by atoms with van der Waals surface area (Å²) < 4.78 is 46.1. The lowest BCUT2D eigenvalue weighted by Crippen LogP contribution is -2.39. The summed E-state index contributed by atoms with van der Waals surface area (Å²) in [7, 11) is 0. The van der Waals surface area contributed by atoms with E-state index in [-0.39, 0.29) is 43.1 Å². The fraction of sp³-hybridized carbons (Fsp3) is 0.350. The molecule has 1 aromatic heterocycles. The SMILES string of the molecule is C=C(C)CNC(=NCc1cc2c(cc1OC(F)F)OCO2)NCCc1ccco1.I. The van der Waals surface area contributed by atoms with E-state index in [2.05, 4.69) is 26.9 Å². The minimum Gasteiger partial charge on any atom is -0.469 e. The van der Waals surface area contributed by atoms with Crippen LogP contribution in [0.15, 0.2) is 52.1 Å². The van der Waals surface area contributed by atoms with E-state index >= 15 is 0 Å². The summed E-state index contributed by atoms with van der Waals surface area (Å²) in [5, 5.41) is 6.34. The van der Waals surface area contributed by atoms with E-state index in [1.165, 1.54) is 6.07 Å². The maximum absolute atomic E-state index is 12.8. The normalized spacial score (nSPS) is 12.5. The Hall–Kier alpha value is -2.50. The molecule has 0 fully saturated rings. The number of halogens is 3. The molecule has 30 heavy (non-hydrogen) atoms. The zero-order valence-electron chi connectivity index (χ0n) is 16.5. The molecule has 2 N–H and O–H groups in total. The van der Waals surface area contributed by atoms with Gasteiger partial charge in [0.05, 0.1) is 12.8 Å². The van der Waals surface area contributed by atoms with Gasteiger partial charge in [0.2, 0.25) is 6.79 Å². The first-order valence-corrected chi connectivity index (χ1v) is 9.07. The number of benzene rings is 1. The van der Waals surface area contributed by atoms with Crippen LogP contribution in [0.3, 0.4) is 0 Å². The third-order valence-electron chi connectivity index (χ3n) is 3.98. The van der Waals surface area contributed by atoms with Crippen LogP contribution in [-0.2, 0) is 13.0 Å². The van der Waals surface area contributed by atoms with E-state index in [9.17, 15) is 8.78 Å². The van der Waals surface area contributed by atoms with Crippen LogP contribution in [0.4, 0.5) is 8.78 Å². The van der Waals surface area contributed by atoms with Gasteiger partial charge < -0.3 is 29.3 Å². The number of alkyl halides is 2. The first-order chi connectivity index (χ1) is 14.0. The predicted molar refractivity (Wildman–Crippen MR) is 119 cm³/mol. The van der Waals surface area contributed by atoms with Crippen LogP contribution < -0.4 is 24.8 Å². The van der Waals surface area contributed by atoms with Gasteiger partial charge in [-0.05, 0) is 25.1 Å². The number of guanidine groups is 1. The molecule has 0 radical (unpaired) electrons. The Balaban J connectivity index is 0.00000320. The monoisotopic (exact) mass is 535 g/mol. The number of hydrogen-bond donors (Lipinski definition) is 2. The number of nitrogens with zero attached hydrogens (tertiary/aromatic N) is 1. The van der Waals surface area contributed by atoms with E-state index in [1.807, 2.05) is 19.1 Å². The van der Waals surface area contributed by atoms with Crippen LogP contribution >= 0.6 is 24.0 Å². The molecule has 0 spiro atoms. The molecule has 164 valence electrons. The van der Waals surface area contributed by atoms with Crippen molar-refractivity contribution in [3.8, 4) is 17.2 Å². The number of nitrogens with one attached hydrogen (secondary N) is 2. The van der Waals surface area contributed by atoms with Crippen molar-refractivity contribution in [1.82, 2.24) is 10.6 Å². The first kappa shape index (κ1) is 23.8. The molecule has 0 bridgehead atoms. The van der Waals surface area contributed by atoms with Crippen LogP contribution in [0.1, 0.15) is 18.2 Å². The molecule has 1 aliphatic heterocycles. The van der Waals surface area contributed by atoms with Crippen molar-refractivity contribution >= 4 is 29.9 Å². The summed E-state index contributed by atoms with van der Waals surface area (Å²) in [4.78, 5) is 4.48. The van der Waals surface area contributed by atoms with Gasteiger partial charge in [-0.2, -0.15) is 8.78 Å². The van der Waals surface area contributed by atoms with Crippen LogP contribution in [0, 0.1) is 0 Å². The van der Waals surface area contributed by atoms with Crippen molar-refractivity contribution in [3.63, 3.8) is 0 Å². The maximum atomic E-state index is 12.8. The largest absolute Gasteiger partial charge is 0.469 e. The van der Waals surface area contributed by atoms with Crippen molar-refractivity contribution in [2.75, 3.05) is 19.9 Å². The van der Waals surface area contributed by atoms with Gasteiger partial charge in [-0.15, -0.1) is 24.0 Å². The molecular formula is C20H24F2IN3O4. The topological polar surface area (TPSA) is 77.3 Å². The van der Waals surface area contributed by atoms with Crippen molar-refractivity contribution in [2.24, 2.45) is 4.99 Å². The Kier molecular flexibility index (Phi) is 9.21.